The van der Waals surface area contributed by atoms with E-state index >= 15 is 0 Å². The van der Waals surface area contributed by atoms with E-state index in [0.29, 0.717) is 0 Å². The quantitative estimate of drug-likeness (QED) is 0.580. The van der Waals surface area contributed by atoms with E-state index in [1.54, 1.807) is 0 Å². The molecule has 0 aromatic rings. The Morgan fingerprint density at radius 3 is 2.73 bits per heavy atom. The van der Waals surface area contributed by atoms with Crippen molar-refractivity contribution in [1.29, 1.82) is 5.26 Å². The molecule has 1 aliphatic rings. The summed E-state index contributed by atoms with van der Waals surface area (Å²) in [5.41, 5.74) is 0. The van der Waals surface area contributed by atoms with Crippen molar-refractivity contribution < 1.29 is 4.74 Å². The van der Waals surface area contributed by atoms with Crippen LogP contribution >= 0.6 is 0 Å². The zero-order valence-corrected chi connectivity index (χ0v) is 6.92. The highest BCUT2D eigenvalue weighted by molar-refractivity contribution is 4.81. The number of nitriles is 1. The van der Waals surface area contributed by atoms with E-state index in [0.717, 1.165) is 32.8 Å². The molecule has 0 radical (unpaired) electrons. The van der Waals surface area contributed by atoms with Crippen LogP contribution in [0, 0.1) is 17.2 Å². The van der Waals surface area contributed by atoms with E-state index < -0.39 is 0 Å². The molecule has 0 spiro atoms. The first-order valence-electron chi connectivity index (χ1n) is 4.02. The lowest BCUT2D eigenvalue weighted by molar-refractivity contribution is 0.0346. The Kier molecular flexibility index (Phi) is 3.34. The number of hydrogen-bond acceptors (Lipinski definition) is 3. The molecular weight excluding hydrogens is 140 g/mol. The lowest BCUT2D eigenvalue weighted by atomic mass is 10.2. The number of morpholine rings is 1. The van der Waals surface area contributed by atoms with Gasteiger partial charge in [0.1, 0.15) is 0 Å². The topological polar surface area (TPSA) is 36.3 Å². The average molecular weight is 154 g/mol. The fourth-order valence-corrected chi connectivity index (χ4v) is 1.21. The van der Waals surface area contributed by atoms with Crippen molar-refractivity contribution in [3.8, 4) is 6.07 Å². The molecule has 1 saturated heterocycles. The van der Waals surface area contributed by atoms with Gasteiger partial charge in [0.15, 0.2) is 0 Å². The number of rotatable bonds is 2. The molecule has 0 aromatic heterocycles. The molecule has 3 nitrogen and oxygen atoms in total. The van der Waals surface area contributed by atoms with E-state index in [2.05, 4.69) is 11.0 Å². The van der Waals surface area contributed by atoms with Gasteiger partial charge in [0.2, 0.25) is 0 Å². The second kappa shape index (κ2) is 4.32. The molecule has 3 heteroatoms. The summed E-state index contributed by atoms with van der Waals surface area (Å²) in [6, 6.07) is 2.23. The lowest BCUT2D eigenvalue weighted by Gasteiger charge is -2.27. The van der Waals surface area contributed by atoms with Gasteiger partial charge < -0.3 is 4.74 Å². The average Bonchev–Trinajstić information content (AvgIpc) is 2.06. The third-order valence-corrected chi connectivity index (χ3v) is 1.86. The van der Waals surface area contributed by atoms with Gasteiger partial charge in [-0.1, -0.05) is 0 Å². The van der Waals surface area contributed by atoms with Crippen LogP contribution in [0.4, 0.5) is 0 Å². The van der Waals surface area contributed by atoms with Gasteiger partial charge in [-0.2, -0.15) is 5.26 Å². The Labute approximate surface area is 67.6 Å². The summed E-state index contributed by atoms with van der Waals surface area (Å²) in [5.74, 6) is 0.146. The summed E-state index contributed by atoms with van der Waals surface area (Å²) in [5, 5.41) is 8.56. The normalized spacial score (nSPS) is 22.5. The van der Waals surface area contributed by atoms with Gasteiger partial charge >= 0.3 is 0 Å². The van der Waals surface area contributed by atoms with Crippen molar-refractivity contribution in [2.75, 3.05) is 32.8 Å². The maximum atomic E-state index is 8.56. The number of hydrogen-bond donors (Lipinski definition) is 0. The Morgan fingerprint density at radius 1 is 1.55 bits per heavy atom. The molecule has 0 amide bonds. The van der Waals surface area contributed by atoms with Crippen molar-refractivity contribution in [3.05, 3.63) is 0 Å². The van der Waals surface area contributed by atoms with Crippen LogP contribution in [0.15, 0.2) is 0 Å². The third kappa shape index (κ3) is 2.87. The molecule has 0 aromatic carbocycles. The summed E-state index contributed by atoms with van der Waals surface area (Å²) in [6.45, 7) is 6.43. The zero-order valence-electron chi connectivity index (χ0n) is 6.92. The van der Waals surface area contributed by atoms with E-state index in [4.69, 9.17) is 10.00 Å². The first-order chi connectivity index (χ1) is 5.33. The first kappa shape index (κ1) is 8.51. The SMILES string of the molecule is C[C@H](C#N)CN1CCOCC1. The molecule has 1 heterocycles. The Morgan fingerprint density at radius 2 is 2.18 bits per heavy atom. The van der Waals surface area contributed by atoms with Crippen LogP contribution in [0.25, 0.3) is 0 Å². The van der Waals surface area contributed by atoms with Crippen molar-refractivity contribution in [1.82, 2.24) is 4.90 Å². The standard InChI is InChI=1S/C8H14N2O/c1-8(6-9)7-10-2-4-11-5-3-10/h8H,2-5,7H2,1H3/t8-/m1/s1. The smallest absolute Gasteiger partial charge is 0.0666 e. The van der Waals surface area contributed by atoms with Gasteiger partial charge in [-0.05, 0) is 6.92 Å². The highest BCUT2D eigenvalue weighted by Crippen LogP contribution is 2.01. The second-order valence-electron chi connectivity index (χ2n) is 2.94. The third-order valence-electron chi connectivity index (χ3n) is 1.86. The molecule has 0 N–H and O–H groups in total. The molecule has 1 atom stereocenters. The molecule has 0 aliphatic carbocycles. The summed E-state index contributed by atoms with van der Waals surface area (Å²) in [6.07, 6.45) is 0. The number of nitrogens with zero attached hydrogens (tertiary/aromatic N) is 2. The predicted octanol–water partition coefficient (Wildman–Crippen LogP) is 0.478. The lowest BCUT2D eigenvalue weighted by Crippen LogP contribution is -2.38. The molecule has 0 bridgehead atoms. The maximum Gasteiger partial charge on any atom is 0.0666 e. The second-order valence-corrected chi connectivity index (χ2v) is 2.94. The minimum absolute atomic E-state index is 0.146. The first-order valence-corrected chi connectivity index (χ1v) is 4.02. The van der Waals surface area contributed by atoms with Gasteiger partial charge in [0.05, 0.1) is 25.2 Å². The maximum absolute atomic E-state index is 8.56. The molecule has 1 rings (SSSR count). The van der Waals surface area contributed by atoms with E-state index in [1.807, 2.05) is 6.92 Å². The van der Waals surface area contributed by atoms with E-state index in [-0.39, 0.29) is 5.92 Å². The Hall–Kier alpha value is -0.590. The molecule has 0 unspecified atom stereocenters. The molecule has 11 heavy (non-hydrogen) atoms. The zero-order chi connectivity index (χ0) is 8.10. The minimum atomic E-state index is 0.146. The van der Waals surface area contributed by atoms with Crippen LogP contribution in [0.2, 0.25) is 0 Å². The van der Waals surface area contributed by atoms with Crippen molar-refractivity contribution in [2.24, 2.45) is 5.92 Å². The molecule has 62 valence electrons. The van der Waals surface area contributed by atoms with Crippen LogP contribution in [0.1, 0.15) is 6.92 Å². The van der Waals surface area contributed by atoms with E-state index in [1.165, 1.54) is 0 Å². The molecule has 1 fully saturated rings. The fourth-order valence-electron chi connectivity index (χ4n) is 1.21. The van der Waals surface area contributed by atoms with Crippen molar-refractivity contribution in [2.45, 2.75) is 6.92 Å². The molecular formula is C8H14N2O. The van der Waals surface area contributed by atoms with E-state index in [9.17, 15) is 0 Å². The summed E-state index contributed by atoms with van der Waals surface area (Å²) in [7, 11) is 0. The minimum Gasteiger partial charge on any atom is -0.379 e. The van der Waals surface area contributed by atoms with Gasteiger partial charge in [-0.15, -0.1) is 0 Å². The van der Waals surface area contributed by atoms with Gasteiger partial charge in [-0.3, -0.25) is 4.90 Å². The molecule has 0 saturated carbocycles. The largest absolute Gasteiger partial charge is 0.379 e. The Bertz CT molecular complexity index is 147. The highest BCUT2D eigenvalue weighted by Gasteiger charge is 2.12. The molecule has 1 aliphatic heterocycles. The highest BCUT2D eigenvalue weighted by atomic mass is 16.5. The summed E-state index contributed by atoms with van der Waals surface area (Å²) >= 11 is 0. The summed E-state index contributed by atoms with van der Waals surface area (Å²) in [4.78, 5) is 2.28. The van der Waals surface area contributed by atoms with Crippen LogP contribution in [0.5, 0.6) is 0 Å². The predicted molar refractivity (Wildman–Crippen MR) is 42.0 cm³/mol. The van der Waals surface area contributed by atoms with Crippen LogP contribution in [-0.4, -0.2) is 37.7 Å². The van der Waals surface area contributed by atoms with Gasteiger partial charge in [0, 0.05) is 19.6 Å². The summed E-state index contributed by atoms with van der Waals surface area (Å²) < 4.78 is 5.19. The van der Waals surface area contributed by atoms with Crippen molar-refractivity contribution in [3.63, 3.8) is 0 Å². The van der Waals surface area contributed by atoms with Gasteiger partial charge in [0.25, 0.3) is 0 Å². The monoisotopic (exact) mass is 154 g/mol. The van der Waals surface area contributed by atoms with Crippen LogP contribution in [0.3, 0.4) is 0 Å². The van der Waals surface area contributed by atoms with Crippen LogP contribution in [-0.2, 0) is 4.74 Å². The van der Waals surface area contributed by atoms with Crippen molar-refractivity contribution >= 4 is 0 Å². The van der Waals surface area contributed by atoms with Gasteiger partial charge in [-0.25, -0.2) is 0 Å². The Balaban J connectivity index is 2.20. The fraction of sp³-hybridized carbons (Fsp3) is 0.875. The number of ether oxygens (including phenoxy) is 1. The van der Waals surface area contributed by atoms with Crippen LogP contribution < -0.4 is 0 Å².